The van der Waals surface area contributed by atoms with Gasteiger partial charge in [-0.15, -0.1) is 12.4 Å². The number of hydrogen-bond donors (Lipinski definition) is 0. The minimum Gasteiger partial charge on any atom is -0.477 e. The predicted molar refractivity (Wildman–Crippen MR) is 62.7 cm³/mol. The summed E-state index contributed by atoms with van der Waals surface area (Å²) in [6, 6.07) is 7.86. The molecule has 80 valence electrons. The summed E-state index contributed by atoms with van der Waals surface area (Å²) in [5.74, 6) is 1.42. The van der Waals surface area contributed by atoms with Crippen molar-refractivity contribution in [3.63, 3.8) is 0 Å². The Labute approximate surface area is 94.9 Å². The average Bonchev–Trinajstić information content (AvgIpc) is 2.18. The van der Waals surface area contributed by atoms with Gasteiger partial charge in [-0.1, -0.05) is 12.1 Å². The Morgan fingerprint density at radius 2 is 1.93 bits per heavy atom. The van der Waals surface area contributed by atoms with Gasteiger partial charge in [0.1, 0.15) is 5.82 Å². The van der Waals surface area contributed by atoms with Crippen molar-refractivity contribution in [3.8, 4) is 5.88 Å². The second-order valence-electron chi connectivity index (χ2n) is 3.03. The molecule has 0 aliphatic heterocycles. The molecule has 0 atom stereocenters. The number of nitrogens with zero attached hydrogens (tertiary/aromatic N) is 2. The number of aromatic nitrogens is 2. The van der Waals surface area contributed by atoms with E-state index in [0.29, 0.717) is 12.5 Å². The van der Waals surface area contributed by atoms with Gasteiger partial charge in [-0.3, -0.25) is 0 Å². The fraction of sp³-hybridized carbons (Fsp3) is 0.273. The zero-order chi connectivity index (χ0) is 9.97. The van der Waals surface area contributed by atoms with Gasteiger partial charge in [-0.2, -0.15) is 4.98 Å². The van der Waals surface area contributed by atoms with E-state index in [4.69, 9.17) is 4.74 Å². The fourth-order valence-corrected chi connectivity index (χ4v) is 1.41. The SMILES string of the molecule is CCOc1nc(C)nc2ccccc12.Cl. The van der Waals surface area contributed by atoms with Crippen LogP contribution in [0.25, 0.3) is 10.9 Å². The van der Waals surface area contributed by atoms with E-state index in [2.05, 4.69) is 9.97 Å². The Balaban J connectivity index is 0.00000112. The second-order valence-corrected chi connectivity index (χ2v) is 3.03. The molecule has 0 saturated carbocycles. The first kappa shape index (κ1) is 11.7. The van der Waals surface area contributed by atoms with E-state index >= 15 is 0 Å². The largest absolute Gasteiger partial charge is 0.477 e. The van der Waals surface area contributed by atoms with Crippen molar-refractivity contribution < 1.29 is 4.74 Å². The summed E-state index contributed by atoms with van der Waals surface area (Å²) in [7, 11) is 0. The number of fused-ring (bicyclic) bond motifs is 1. The summed E-state index contributed by atoms with van der Waals surface area (Å²) in [4.78, 5) is 8.59. The molecule has 0 aliphatic rings. The number of rotatable bonds is 2. The third-order valence-electron chi connectivity index (χ3n) is 1.96. The van der Waals surface area contributed by atoms with E-state index in [1.807, 2.05) is 38.1 Å². The quantitative estimate of drug-likeness (QED) is 0.787. The highest BCUT2D eigenvalue weighted by atomic mass is 35.5. The van der Waals surface area contributed by atoms with Crippen molar-refractivity contribution in [2.75, 3.05) is 6.61 Å². The highest BCUT2D eigenvalue weighted by molar-refractivity contribution is 5.85. The van der Waals surface area contributed by atoms with Gasteiger partial charge in [0.2, 0.25) is 5.88 Å². The van der Waals surface area contributed by atoms with Crippen LogP contribution in [0, 0.1) is 6.92 Å². The third-order valence-corrected chi connectivity index (χ3v) is 1.96. The normalized spacial score (nSPS) is 9.73. The van der Waals surface area contributed by atoms with Crippen molar-refractivity contribution in [3.05, 3.63) is 30.1 Å². The minimum atomic E-state index is 0. The molecule has 2 aromatic rings. The molecular formula is C11H13ClN2O. The maximum Gasteiger partial charge on any atom is 0.224 e. The molecule has 4 heteroatoms. The molecule has 0 spiro atoms. The van der Waals surface area contributed by atoms with Crippen LogP contribution in [-0.2, 0) is 0 Å². The summed E-state index contributed by atoms with van der Waals surface area (Å²) in [5.41, 5.74) is 0.934. The Morgan fingerprint density at radius 3 is 2.67 bits per heavy atom. The van der Waals surface area contributed by atoms with Gasteiger partial charge in [0.25, 0.3) is 0 Å². The Morgan fingerprint density at radius 1 is 1.20 bits per heavy atom. The highest BCUT2D eigenvalue weighted by Crippen LogP contribution is 2.21. The molecule has 3 nitrogen and oxygen atoms in total. The molecule has 0 saturated heterocycles. The van der Waals surface area contributed by atoms with Gasteiger partial charge in [0.05, 0.1) is 17.5 Å². The smallest absolute Gasteiger partial charge is 0.224 e. The van der Waals surface area contributed by atoms with Crippen molar-refractivity contribution in [2.45, 2.75) is 13.8 Å². The van der Waals surface area contributed by atoms with E-state index in [0.717, 1.165) is 16.7 Å². The van der Waals surface area contributed by atoms with Gasteiger partial charge in [-0.25, -0.2) is 4.98 Å². The van der Waals surface area contributed by atoms with E-state index in [-0.39, 0.29) is 12.4 Å². The average molecular weight is 225 g/mol. The van der Waals surface area contributed by atoms with Gasteiger partial charge >= 0.3 is 0 Å². The summed E-state index contributed by atoms with van der Waals surface area (Å²) in [6.45, 7) is 4.45. The van der Waals surface area contributed by atoms with E-state index in [1.165, 1.54) is 0 Å². The van der Waals surface area contributed by atoms with Gasteiger partial charge < -0.3 is 4.74 Å². The number of aryl methyl sites for hydroxylation is 1. The lowest BCUT2D eigenvalue weighted by molar-refractivity contribution is 0.330. The number of benzene rings is 1. The maximum absolute atomic E-state index is 5.45. The molecule has 0 bridgehead atoms. The molecular weight excluding hydrogens is 212 g/mol. The lowest BCUT2D eigenvalue weighted by Crippen LogP contribution is -1.98. The van der Waals surface area contributed by atoms with Crippen LogP contribution in [0.3, 0.4) is 0 Å². The van der Waals surface area contributed by atoms with Gasteiger partial charge in [0, 0.05) is 0 Å². The standard InChI is InChI=1S/C11H12N2O.ClH/c1-3-14-11-9-6-4-5-7-10(9)12-8(2)13-11;/h4-7H,3H2,1-2H3;1H. The zero-order valence-electron chi connectivity index (χ0n) is 8.73. The first-order chi connectivity index (χ1) is 6.81. The Kier molecular flexibility index (Phi) is 3.86. The van der Waals surface area contributed by atoms with Crippen LogP contribution in [0.5, 0.6) is 5.88 Å². The zero-order valence-corrected chi connectivity index (χ0v) is 9.54. The Hall–Kier alpha value is -1.35. The molecule has 1 aromatic carbocycles. The number of para-hydroxylation sites is 1. The monoisotopic (exact) mass is 224 g/mol. The first-order valence-corrected chi connectivity index (χ1v) is 4.67. The van der Waals surface area contributed by atoms with Gasteiger partial charge in [0.15, 0.2) is 0 Å². The molecule has 1 aromatic heterocycles. The van der Waals surface area contributed by atoms with Crippen molar-refractivity contribution >= 4 is 23.3 Å². The Bertz CT molecular complexity index is 459. The summed E-state index contributed by atoms with van der Waals surface area (Å²) < 4.78 is 5.45. The van der Waals surface area contributed by atoms with Crippen molar-refractivity contribution in [2.24, 2.45) is 0 Å². The molecule has 0 radical (unpaired) electrons. The van der Waals surface area contributed by atoms with Crippen LogP contribution in [0.2, 0.25) is 0 Å². The maximum atomic E-state index is 5.45. The van der Waals surface area contributed by atoms with Crippen LogP contribution in [-0.4, -0.2) is 16.6 Å². The number of halogens is 1. The van der Waals surface area contributed by atoms with Crippen LogP contribution in [0.4, 0.5) is 0 Å². The van der Waals surface area contributed by atoms with Crippen molar-refractivity contribution in [1.82, 2.24) is 9.97 Å². The second kappa shape index (κ2) is 4.94. The summed E-state index contributed by atoms with van der Waals surface area (Å²) >= 11 is 0. The molecule has 15 heavy (non-hydrogen) atoms. The molecule has 2 rings (SSSR count). The fourth-order valence-electron chi connectivity index (χ4n) is 1.41. The minimum absolute atomic E-state index is 0. The van der Waals surface area contributed by atoms with E-state index < -0.39 is 0 Å². The number of hydrogen-bond acceptors (Lipinski definition) is 3. The topological polar surface area (TPSA) is 35.0 Å². The molecule has 0 fully saturated rings. The lowest BCUT2D eigenvalue weighted by atomic mass is 10.2. The predicted octanol–water partition coefficient (Wildman–Crippen LogP) is 2.76. The lowest BCUT2D eigenvalue weighted by Gasteiger charge is -2.06. The first-order valence-electron chi connectivity index (χ1n) is 4.67. The molecule has 0 unspecified atom stereocenters. The van der Waals surface area contributed by atoms with E-state index in [1.54, 1.807) is 0 Å². The van der Waals surface area contributed by atoms with E-state index in [9.17, 15) is 0 Å². The van der Waals surface area contributed by atoms with Gasteiger partial charge in [-0.05, 0) is 26.0 Å². The number of ether oxygens (including phenoxy) is 1. The third kappa shape index (κ3) is 2.36. The summed E-state index contributed by atoms with van der Waals surface area (Å²) in [5, 5.41) is 0.972. The van der Waals surface area contributed by atoms with Crippen LogP contribution >= 0.6 is 12.4 Å². The van der Waals surface area contributed by atoms with Crippen LogP contribution in [0.15, 0.2) is 24.3 Å². The van der Waals surface area contributed by atoms with Crippen LogP contribution < -0.4 is 4.74 Å². The molecule has 1 heterocycles. The highest BCUT2D eigenvalue weighted by Gasteiger charge is 2.04. The van der Waals surface area contributed by atoms with Crippen molar-refractivity contribution in [1.29, 1.82) is 0 Å². The molecule has 0 aliphatic carbocycles. The molecule has 0 amide bonds. The summed E-state index contributed by atoms with van der Waals surface area (Å²) in [6.07, 6.45) is 0. The van der Waals surface area contributed by atoms with Crippen LogP contribution in [0.1, 0.15) is 12.7 Å². The molecule has 0 N–H and O–H groups in total.